The van der Waals surface area contributed by atoms with E-state index in [-0.39, 0.29) is 12.3 Å². The number of hydroxylamine groups is 2. The lowest BCUT2D eigenvalue weighted by Gasteiger charge is -2.28. The number of nitrogens with zero attached hydrogens (tertiary/aromatic N) is 1. The first-order valence-corrected chi connectivity index (χ1v) is 13.1. The van der Waals surface area contributed by atoms with Crippen molar-refractivity contribution < 1.29 is 23.9 Å². The normalized spacial score (nSPS) is 13.1. The average molecular weight is 549 g/mol. The number of benzene rings is 3. The first kappa shape index (κ1) is 28.2. The molecule has 1 aliphatic heterocycles. The molecule has 3 aromatic carbocycles. The Hall–Kier alpha value is -3.81. The number of carbonyl (C=O) groups excluding carboxylic acids is 2. The average Bonchev–Trinajstić information content (AvgIpc) is 2.93. The third kappa shape index (κ3) is 6.27. The van der Waals surface area contributed by atoms with Gasteiger partial charge in [0.1, 0.15) is 24.4 Å². The highest BCUT2D eigenvalue weighted by Crippen LogP contribution is 2.43. The third-order valence-corrected chi connectivity index (χ3v) is 6.53. The van der Waals surface area contributed by atoms with E-state index in [0.717, 1.165) is 11.8 Å². The van der Waals surface area contributed by atoms with Crippen molar-refractivity contribution >= 4 is 35.1 Å². The first-order chi connectivity index (χ1) is 18.6. The van der Waals surface area contributed by atoms with Gasteiger partial charge in [-0.25, -0.2) is 5.06 Å². The van der Waals surface area contributed by atoms with Gasteiger partial charge in [-0.2, -0.15) is 0 Å². The number of aldehydes is 1. The van der Waals surface area contributed by atoms with Gasteiger partial charge in [-0.15, -0.1) is 0 Å². The molecule has 0 unspecified atom stereocenters. The molecule has 0 radical (unpaired) electrons. The summed E-state index contributed by atoms with van der Waals surface area (Å²) in [6.07, 6.45) is 2.75. The summed E-state index contributed by atoms with van der Waals surface area (Å²) in [5.74, 6) is 1.03. The molecule has 0 spiro atoms. The Morgan fingerprint density at radius 3 is 2.51 bits per heavy atom. The van der Waals surface area contributed by atoms with E-state index in [1.807, 2.05) is 75.4 Å². The van der Waals surface area contributed by atoms with Crippen molar-refractivity contribution in [1.82, 2.24) is 5.06 Å². The Bertz CT molecular complexity index is 1390. The van der Waals surface area contributed by atoms with Crippen LogP contribution in [0, 0.1) is 0 Å². The van der Waals surface area contributed by atoms with Crippen molar-refractivity contribution in [1.29, 1.82) is 0 Å². The van der Waals surface area contributed by atoms with Gasteiger partial charge in [0, 0.05) is 25.6 Å². The van der Waals surface area contributed by atoms with Crippen LogP contribution in [0.3, 0.4) is 0 Å². The first-order valence-electron chi connectivity index (χ1n) is 12.7. The van der Waals surface area contributed by atoms with Crippen LogP contribution >= 0.6 is 11.6 Å². The van der Waals surface area contributed by atoms with Gasteiger partial charge in [0.2, 0.25) is 0 Å². The van der Waals surface area contributed by atoms with Crippen molar-refractivity contribution in [2.75, 3.05) is 32.6 Å². The largest absolute Gasteiger partial charge is 0.497 e. The highest BCUT2D eigenvalue weighted by atomic mass is 35.5. The number of fused-ring (bicyclic) bond motifs is 1. The second-order valence-corrected chi connectivity index (χ2v) is 10.4. The molecular weight excluding hydrogens is 516 g/mol. The van der Waals surface area contributed by atoms with Crippen molar-refractivity contribution in [3.63, 3.8) is 0 Å². The Labute approximate surface area is 234 Å². The topological polar surface area (TPSA) is 77.1 Å². The maximum Gasteiger partial charge on any atom is 0.278 e. The molecule has 0 aliphatic carbocycles. The Kier molecular flexibility index (Phi) is 8.63. The monoisotopic (exact) mass is 548 g/mol. The van der Waals surface area contributed by atoms with Crippen LogP contribution < -0.4 is 14.8 Å². The molecule has 4 rings (SSSR count). The van der Waals surface area contributed by atoms with Crippen molar-refractivity contribution in [3.05, 3.63) is 82.4 Å². The summed E-state index contributed by atoms with van der Waals surface area (Å²) < 4.78 is 11.1. The number of hydrogen-bond donors (Lipinski definition) is 1. The minimum absolute atomic E-state index is 0.140. The summed E-state index contributed by atoms with van der Waals surface area (Å²) >= 11 is 6.92. The van der Waals surface area contributed by atoms with Crippen LogP contribution in [0.5, 0.6) is 11.5 Å². The number of rotatable bonds is 8. The van der Waals surface area contributed by atoms with E-state index in [9.17, 15) is 9.59 Å². The number of nitrogens with one attached hydrogen (secondary N) is 1. The fraction of sp³-hybridized carbons (Fsp3) is 0.290. The molecule has 0 atom stereocenters. The molecule has 7 nitrogen and oxygen atoms in total. The van der Waals surface area contributed by atoms with E-state index < -0.39 is 5.60 Å². The Balaban J connectivity index is 1.96. The van der Waals surface area contributed by atoms with Gasteiger partial charge >= 0.3 is 0 Å². The highest BCUT2D eigenvalue weighted by Gasteiger charge is 2.28. The molecule has 0 aromatic heterocycles. The fourth-order valence-corrected chi connectivity index (χ4v) is 4.87. The molecule has 39 heavy (non-hydrogen) atoms. The number of hydrogen-bond acceptors (Lipinski definition) is 6. The van der Waals surface area contributed by atoms with Crippen molar-refractivity contribution in [2.45, 2.75) is 32.8 Å². The third-order valence-electron chi connectivity index (χ3n) is 6.14. The number of ether oxygens (including phenoxy) is 2. The summed E-state index contributed by atoms with van der Waals surface area (Å²) in [6.45, 7) is 6.80. The van der Waals surface area contributed by atoms with Crippen LogP contribution in [0.2, 0.25) is 5.02 Å². The molecule has 1 N–H and O–H groups in total. The molecule has 3 aromatic rings. The zero-order valence-corrected chi connectivity index (χ0v) is 23.6. The minimum atomic E-state index is -0.594. The van der Waals surface area contributed by atoms with Crippen LogP contribution in [0.25, 0.3) is 16.7 Å². The molecule has 0 saturated heterocycles. The van der Waals surface area contributed by atoms with Gasteiger partial charge in [-0.1, -0.05) is 48.0 Å². The number of carbonyl (C=O) groups is 2. The quantitative estimate of drug-likeness (QED) is 0.251. The molecular formula is C31H33ClN2O5. The highest BCUT2D eigenvalue weighted by molar-refractivity contribution is 6.35. The fourth-order valence-electron chi connectivity index (χ4n) is 4.55. The second kappa shape index (κ2) is 11.9. The zero-order valence-electron chi connectivity index (χ0n) is 22.8. The molecule has 0 bridgehead atoms. The summed E-state index contributed by atoms with van der Waals surface area (Å²) in [5, 5.41) is 5.01. The van der Waals surface area contributed by atoms with Gasteiger partial charge in [0.25, 0.3) is 5.91 Å². The molecule has 1 heterocycles. The molecule has 1 aliphatic rings. The number of allylic oxidation sites excluding steroid dienone is 1. The van der Waals surface area contributed by atoms with Gasteiger partial charge in [-0.3, -0.25) is 9.63 Å². The SMILES string of the molecule is COc1ccc(-c2cccc(/C(=C/CC=O)c3ccc4c(c3Cl)NCCO4)c2C(=O)N(C)OC(C)(C)C)cc1. The predicted octanol–water partition coefficient (Wildman–Crippen LogP) is 6.64. The molecule has 204 valence electrons. The van der Waals surface area contributed by atoms with E-state index in [4.69, 9.17) is 25.9 Å². The van der Waals surface area contributed by atoms with E-state index >= 15 is 0 Å². The van der Waals surface area contributed by atoms with Gasteiger partial charge in [-0.05, 0) is 67.3 Å². The maximum atomic E-state index is 14.1. The number of methoxy groups -OCH3 is 1. The molecule has 0 fully saturated rings. The minimum Gasteiger partial charge on any atom is -0.497 e. The van der Waals surface area contributed by atoms with E-state index in [1.165, 1.54) is 5.06 Å². The summed E-state index contributed by atoms with van der Waals surface area (Å²) in [7, 11) is 3.21. The van der Waals surface area contributed by atoms with E-state index in [2.05, 4.69) is 5.32 Å². The van der Waals surface area contributed by atoms with E-state index in [0.29, 0.717) is 63.2 Å². The predicted molar refractivity (Wildman–Crippen MR) is 155 cm³/mol. The second-order valence-electron chi connectivity index (χ2n) is 10.1. The molecule has 0 saturated carbocycles. The summed E-state index contributed by atoms with van der Waals surface area (Å²) in [6, 6.07) is 16.9. The van der Waals surface area contributed by atoms with Crippen LogP contribution in [-0.4, -0.2) is 50.2 Å². The molecule has 8 heteroatoms. The van der Waals surface area contributed by atoms with E-state index in [1.54, 1.807) is 20.2 Å². The van der Waals surface area contributed by atoms with Crippen molar-refractivity contribution in [2.24, 2.45) is 0 Å². The van der Waals surface area contributed by atoms with Crippen molar-refractivity contribution in [3.8, 4) is 22.6 Å². The lowest BCUT2D eigenvalue weighted by atomic mass is 9.87. The lowest BCUT2D eigenvalue weighted by Crippen LogP contribution is -2.36. The van der Waals surface area contributed by atoms with Crippen LogP contribution in [0.1, 0.15) is 48.7 Å². The molecule has 1 amide bonds. The maximum absolute atomic E-state index is 14.1. The van der Waals surface area contributed by atoms with Crippen LogP contribution in [0.15, 0.2) is 60.7 Å². The Morgan fingerprint density at radius 1 is 1.10 bits per heavy atom. The van der Waals surface area contributed by atoms with Gasteiger partial charge in [0.15, 0.2) is 0 Å². The van der Waals surface area contributed by atoms with Gasteiger partial charge < -0.3 is 19.6 Å². The van der Waals surface area contributed by atoms with Crippen LogP contribution in [0.4, 0.5) is 5.69 Å². The Morgan fingerprint density at radius 2 is 1.85 bits per heavy atom. The number of halogens is 1. The van der Waals surface area contributed by atoms with Crippen LogP contribution in [-0.2, 0) is 9.63 Å². The number of anilines is 1. The van der Waals surface area contributed by atoms with Gasteiger partial charge in [0.05, 0.1) is 29.0 Å². The summed E-state index contributed by atoms with van der Waals surface area (Å²) in [4.78, 5) is 31.5. The summed E-state index contributed by atoms with van der Waals surface area (Å²) in [5.41, 5.74) is 4.00. The number of amides is 1. The zero-order chi connectivity index (χ0) is 28.2. The lowest BCUT2D eigenvalue weighted by molar-refractivity contribution is -0.182. The smallest absolute Gasteiger partial charge is 0.278 e. The standard InChI is InChI=1S/C31H33ClN2O5/c1-31(2,3)39-34(4)30(36)27-22(20-11-13-21(37-5)14-12-20)8-6-9-24(27)23(10-7-18-35)25-15-16-26-29(28(25)32)33-17-19-38-26/h6,8-16,18,33H,7,17,19H2,1-5H3/b23-10-.